The number of benzene rings is 5. The van der Waals surface area contributed by atoms with Gasteiger partial charge in [0.05, 0.1) is 0 Å². The van der Waals surface area contributed by atoms with Gasteiger partial charge in [0.15, 0.2) is 0 Å². The van der Waals surface area contributed by atoms with Crippen LogP contribution in [-0.4, -0.2) is 10.2 Å². The topological polar surface area (TPSA) is 40.5 Å². The molecule has 172 valence electrons. The first-order valence-electron chi connectivity index (χ1n) is 11.9. The average molecular weight is 457 g/mol. The fraction of sp³-hybridized carbons (Fsp3) is 0.0909. The molecule has 5 aromatic carbocycles. The summed E-state index contributed by atoms with van der Waals surface area (Å²) < 4.78 is 0. The van der Waals surface area contributed by atoms with E-state index in [9.17, 15) is 10.2 Å². The average Bonchev–Trinajstić information content (AvgIpc) is 2.89. The second kappa shape index (κ2) is 9.52. The zero-order chi connectivity index (χ0) is 24.4. The lowest BCUT2D eigenvalue weighted by Gasteiger charge is -2.24. The molecule has 2 nitrogen and oxygen atoms in total. The highest BCUT2D eigenvalue weighted by Crippen LogP contribution is 2.41. The Kier molecular flexibility index (Phi) is 6.12. The van der Waals surface area contributed by atoms with Crippen LogP contribution in [0.4, 0.5) is 0 Å². The molecule has 5 aromatic rings. The van der Waals surface area contributed by atoms with Gasteiger partial charge in [-0.25, -0.2) is 0 Å². The van der Waals surface area contributed by atoms with Crippen LogP contribution in [0.2, 0.25) is 0 Å². The van der Waals surface area contributed by atoms with Crippen LogP contribution in [0.15, 0.2) is 115 Å². The molecule has 0 fully saturated rings. The van der Waals surface area contributed by atoms with Crippen molar-refractivity contribution >= 4 is 0 Å². The van der Waals surface area contributed by atoms with E-state index in [1.807, 2.05) is 72.8 Å². The normalized spacial score (nSPS) is 11.1. The summed E-state index contributed by atoms with van der Waals surface area (Å²) in [5.41, 5.74) is 9.41. The summed E-state index contributed by atoms with van der Waals surface area (Å²) >= 11 is 0. The largest absolute Gasteiger partial charge is 0.507 e. The molecular weight excluding hydrogens is 428 g/mol. The van der Waals surface area contributed by atoms with Crippen LogP contribution in [-0.2, 0) is 0 Å². The molecule has 0 aliphatic rings. The Bertz CT molecular complexity index is 1380. The summed E-state index contributed by atoms with van der Waals surface area (Å²) in [6, 6.07) is 38.1. The van der Waals surface area contributed by atoms with E-state index >= 15 is 0 Å². The van der Waals surface area contributed by atoms with Gasteiger partial charge in [-0.3, -0.25) is 0 Å². The maximum Gasteiger partial charge on any atom is 0.123 e. The van der Waals surface area contributed by atoms with Gasteiger partial charge in [-0.1, -0.05) is 91.0 Å². The van der Waals surface area contributed by atoms with Gasteiger partial charge in [-0.05, 0) is 77.1 Å². The predicted octanol–water partition coefficient (Wildman–Crippen LogP) is 8.23. The van der Waals surface area contributed by atoms with E-state index in [0.29, 0.717) is 0 Å². The first-order chi connectivity index (χ1) is 17.0. The van der Waals surface area contributed by atoms with E-state index in [4.69, 9.17) is 0 Å². The van der Waals surface area contributed by atoms with Crippen LogP contribution in [0.25, 0.3) is 22.3 Å². The van der Waals surface area contributed by atoms with Crippen molar-refractivity contribution in [2.24, 2.45) is 0 Å². The van der Waals surface area contributed by atoms with Crippen LogP contribution in [0.3, 0.4) is 0 Å². The second-order valence-corrected chi connectivity index (χ2v) is 9.01. The molecule has 0 aliphatic heterocycles. The minimum Gasteiger partial charge on any atom is -0.507 e. The molecule has 2 heteroatoms. The summed E-state index contributed by atoms with van der Waals surface area (Å²) in [6.45, 7) is 4.29. The minimum atomic E-state index is -0.0685. The van der Waals surface area contributed by atoms with Gasteiger partial charge in [-0.2, -0.15) is 0 Å². The van der Waals surface area contributed by atoms with Crippen LogP contribution in [0.1, 0.15) is 33.7 Å². The van der Waals surface area contributed by atoms with E-state index in [1.54, 1.807) is 12.1 Å². The lowest BCUT2D eigenvalue weighted by Crippen LogP contribution is -2.07. The quantitative estimate of drug-likeness (QED) is 0.262. The van der Waals surface area contributed by atoms with Crippen LogP contribution >= 0.6 is 0 Å². The Morgan fingerprint density at radius 1 is 0.514 bits per heavy atom. The van der Waals surface area contributed by atoms with Crippen molar-refractivity contribution in [3.8, 4) is 33.8 Å². The summed E-state index contributed by atoms with van der Waals surface area (Å²) in [5.74, 6) is 0.451. The van der Waals surface area contributed by atoms with Crippen molar-refractivity contribution in [2.75, 3.05) is 0 Å². The van der Waals surface area contributed by atoms with Gasteiger partial charge in [0, 0.05) is 17.0 Å². The van der Waals surface area contributed by atoms with E-state index in [1.165, 1.54) is 16.7 Å². The highest BCUT2D eigenvalue weighted by Gasteiger charge is 2.22. The molecule has 0 unspecified atom stereocenters. The molecule has 0 saturated carbocycles. The van der Waals surface area contributed by atoms with Crippen LogP contribution < -0.4 is 0 Å². The molecule has 0 heterocycles. The zero-order valence-electron chi connectivity index (χ0n) is 19.9. The molecule has 2 N–H and O–H groups in total. The summed E-state index contributed by atoms with van der Waals surface area (Å²) in [7, 11) is 0. The molecule has 5 rings (SSSR count). The Morgan fingerprint density at radius 2 is 1.00 bits per heavy atom. The highest BCUT2D eigenvalue weighted by atomic mass is 16.3. The SMILES string of the molecule is Cc1cccc(C(c2ccc(O)c(-c3ccccc3)c2)c2ccc(O)c(-c3ccccc3)c2)c1C. The number of phenolic OH excluding ortho intramolecular Hbond substituents is 2. The maximum absolute atomic E-state index is 10.7. The third-order valence-corrected chi connectivity index (χ3v) is 6.84. The second-order valence-electron chi connectivity index (χ2n) is 9.01. The number of phenols is 2. The van der Waals surface area contributed by atoms with Crippen LogP contribution in [0.5, 0.6) is 11.5 Å². The fourth-order valence-corrected chi connectivity index (χ4v) is 4.80. The number of aromatic hydroxyl groups is 2. The molecule has 0 aromatic heterocycles. The van der Waals surface area contributed by atoms with Crippen molar-refractivity contribution in [1.82, 2.24) is 0 Å². The van der Waals surface area contributed by atoms with Crippen molar-refractivity contribution in [1.29, 1.82) is 0 Å². The minimum absolute atomic E-state index is 0.0685. The lowest BCUT2D eigenvalue weighted by molar-refractivity contribution is 0.477. The van der Waals surface area contributed by atoms with Gasteiger partial charge < -0.3 is 10.2 Å². The maximum atomic E-state index is 10.7. The van der Waals surface area contributed by atoms with Gasteiger partial charge in [0.1, 0.15) is 11.5 Å². The van der Waals surface area contributed by atoms with Gasteiger partial charge >= 0.3 is 0 Å². The molecule has 35 heavy (non-hydrogen) atoms. The summed E-state index contributed by atoms with van der Waals surface area (Å²) in [5, 5.41) is 21.4. The first-order valence-corrected chi connectivity index (χ1v) is 11.9. The smallest absolute Gasteiger partial charge is 0.123 e. The number of hydrogen-bond acceptors (Lipinski definition) is 2. The fourth-order valence-electron chi connectivity index (χ4n) is 4.80. The van der Waals surface area contributed by atoms with Gasteiger partial charge in [0.25, 0.3) is 0 Å². The van der Waals surface area contributed by atoms with Gasteiger partial charge in [-0.15, -0.1) is 0 Å². The monoisotopic (exact) mass is 456 g/mol. The number of hydrogen-bond donors (Lipinski definition) is 2. The summed E-state index contributed by atoms with van der Waals surface area (Å²) in [6.07, 6.45) is 0. The van der Waals surface area contributed by atoms with Crippen molar-refractivity contribution < 1.29 is 10.2 Å². The Labute approximate surface area is 206 Å². The molecule has 0 spiro atoms. The molecule has 0 radical (unpaired) electrons. The molecule has 0 saturated heterocycles. The Balaban J connectivity index is 1.73. The standard InChI is InChI=1S/C33H28O2/c1-22-10-9-15-28(23(22)2)33(26-16-18-31(34)29(20-26)24-11-5-3-6-12-24)27-17-19-32(35)30(21-27)25-13-7-4-8-14-25/h3-21,33-35H,1-2H3. The Hall–Kier alpha value is -4.30. The third kappa shape index (κ3) is 4.43. The first kappa shape index (κ1) is 22.5. The zero-order valence-corrected chi connectivity index (χ0v) is 19.9. The van der Waals surface area contributed by atoms with Crippen molar-refractivity contribution in [3.05, 3.63) is 143 Å². The van der Waals surface area contributed by atoms with E-state index in [-0.39, 0.29) is 17.4 Å². The number of rotatable bonds is 5. The van der Waals surface area contributed by atoms with Crippen molar-refractivity contribution in [2.45, 2.75) is 19.8 Å². The predicted molar refractivity (Wildman–Crippen MR) is 144 cm³/mol. The van der Waals surface area contributed by atoms with Crippen LogP contribution in [0, 0.1) is 13.8 Å². The highest BCUT2D eigenvalue weighted by molar-refractivity contribution is 5.73. The molecule has 0 bridgehead atoms. The van der Waals surface area contributed by atoms with Gasteiger partial charge in [0.2, 0.25) is 0 Å². The number of aryl methyl sites for hydroxylation is 1. The molecular formula is C33H28O2. The third-order valence-electron chi connectivity index (χ3n) is 6.84. The van der Waals surface area contributed by atoms with E-state index in [0.717, 1.165) is 33.4 Å². The van der Waals surface area contributed by atoms with Crippen molar-refractivity contribution in [3.63, 3.8) is 0 Å². The van der Waals surface area contributed by atoms with E-state index in [2.05, 4.69) is 44.2 Å². The molecule has 0 amide bonds. The van der Waals surface area contributed by atoms with E-state index < -0.39 is 0 Å². The molecule has 0 atom stereocenters. The Morgan fingerprint density at radius 3 is 1.49 bits per heavy atom. The lowest BCUT2D eigenvalue weighted by atomic mass is 9.80. The summed E-state index contributed by atoms with van der Waals surface area (Å²) in [4.78, 5) is 0. The molecule has 0 aliphatic carbocycles.